The Labute approximate surface area is 230 Å². The third-order valence-electron chi connectivity index (χ3n) is 6.24. The molecular weight excluding hydrogens is 514 g/mol. The van der Waals surface area contributed by atoms with E-state index in [1.165, 1.54) is 12.1 Å². The fourth-order valence-electron chi connectivity index (χ4n) is 4.52. The molecule has 40 heavy (non-hydrogen) atoms. The van der Waals surface area contributed by atoms with Crippen LogP contribution in [0.3, 0.4) is 0 Å². The molecule has 0 atom stereocenters. The standard InChI is InChI=1S/C30H30F2N6O2/c1-6-33-21-11-19(23-9-8-20(31)14-25(23)32)12-22(15-21)38-17-34-26-13-18(7-10-27(26)38)24-16-35-37(5)28(24)36-29(39)40-30(2,3)4/h7-17,33H,6H2,1-5H3,(H,36,39). The normalized spacial score (nSPS) is 11.6. The summed E-state index contributed by atoms with van der Waals surface area (Å²) in [5, 5.41) is 10.4. The van der Waals surface area contributed by atoms with Crippen LogP contribution in [0.25, 0.3) is 39.0 Å². The van der Waals surface area contributed by atoms with E-state index in [9.17, 15) is 13.6 Å². The number of rotatable bonds is 6. The van der Waals surface area contributed by atoms with Crippen LogP contribution in [-0.2, 0) is 11.8 Å². The summed E-state index contributed by atoms with van der Waals surface area (Å²) in [6, 6.07) is 15.0. The van der Waals surface area contributed by atoms with Crippen molar-refractivity contribution in [2.75, 3.05) is 17.2 Å². The van der Waals surface area contributed by atoms with E-state index < -0.39 is 23.3 Å². The molecule has 1 amide bonds. The third kappa shape index (κ3) is 5.51. The van der Waals surface area contributed by atoms with Gasteiger partial charge in [-0.25, -0.2) is 18.6 Å². The fraction of sp³-hybridized carbons (Fsp3) is 0.233. The number of aryl methyl sites for hydroxylation is 1. The molecule has 0 aliphatic rings. The van der Waals surface area contributed by atoms with Crippen molar-refractivity contribution in [2.45, 2.75) is 33.3 Å². The monoisotopic (exact) mass is 544 g/mol. The molecule has 0 saturated carbocycles. The molecule has 5 rings (SSSR count). The summed E-state index contributed by atoms with van der Waals surface area (Å²) >= 11 is 0. The molecule has 8 nitrogen and oxygen atoms in total. The third-order valence-corrected chi connectivity index (χ3v) is 6.24. The zero-order chi connectivity index (χ0) is 28.6. The van der Waals surface area contributed by atoms with Crippen LogP contribution < -0.4 is 10.6 Å². The second-order valence-corrected chi connectivity index (χ2v) is 10.4. The van der Waals surface area contributed by atoms with Gasteiger partial charge in [-0.05, 0) is 81.3 Å². The molecule has 206 valence electrons. The summed E-state index contributed by atoms with van der Waals surface area (Å²) in [6.07, 6.45) is 2.80. The van der Waals surface area contributed by atoms with Crippen molar-refractivity contribution >= 4 is 28.6 Å². The van der Waals surface area contributed by atoms with E-state index in [-0.39, 0.29) is 0 Å². The van der Waals surface area contributed by atoms with Gasteiger partial charge in [-0.15, -0.1) is 0 Å². The SMILES string of the molecule is CCNc1cc(-c2ccc(F)cc2F)cc(-n2cnc3cc(-c4cnn(C)c4NC(=O)OC(C)(C)C)ccc32)c1. The minimum Gasteiger partial charge on any atom is -0.444 e. The van der Waals surface area contributed by atoms with Crippen LogP contribution in [0, 0.1) is 11.6 Å². The first-order valence-corrected chi connectivity index (χ1v) is 12.9. The van der Waals surface area contributed by atoms with Crippen LogP contribution in [-0.4, -0.2) is 37.6 Å². The molecule has 2 N–H and O–H groups in total. The van der Waals surface area contributed by atoms with Gasteiger partial charge in [-0.2, -0.15) is 5.10 Å². The first kappa shape index (κ1) is 26.9. The van der Waals surface area contributed by atoms with E-state index in [1.54, 1.807) is 45.0 Å². The Hall–Kier alpha value is -4.73. The number of halogens is 2. The summed E-state index contributed by atoms with van der Waals surface area (Å²) in [7, 11) is 1.74. The number of hydrogen-bond acceptors (Lipinski definition) is 5. The number of fused-ring (bicyclic) bond motifs is 1. The zero-order valence-corrected chi connectivity index (χ0v) is 22.9. The first-order valence-electron chi connectivity index (χ1n) is 12.9. The molecule has 2 aromatic heterocycles. The van der Waals surface area contributed by atoms with Crippen molar-refractivity contribution in [3.8, 4) is 27.9 Å². The molecule has 10 heteroatoms. The Morgan fingerprint density at radius 2 is 1.80 bits per heavy atom. The number of imidazole rings is 1. The van der Waals surface area contributed by atoms with Gasteiger partial charge in [-0.1, -0.05) is 6.07 Å². The average molecular weight is 545 g/mol. The maximum Gasteiger partial charge on any atom is 0.413 e. The smallest absolute Gasteiger partial charge is 0.413 e. The lowest BCUT2D eigenvalue weighted by Crippen LogP contribution is -2.28. The van der Waals surface area contributed by atoms with Crippen LogP contribution >= 0.6 is 0 Å². The number of nitrogens with zero attached hydrogens (tertiary/aromatic N) is 4. The summed E-state index contributed by atoms with van der Waals surface area (Å²) in [6.45, 7) is 8.05. The fourth-order valence-corrected chi connectivity index (χ4v) is 4.52. The molecule has 0 saturated heterocycles. The van der Waals surface area contributed by atoms with Crippen LogP contribution in [0.4, 0.5) is 25.1 Å². The van der Waals surface area contributed by atoms with E-state index in [4.69, 9.17) is 4.74 Å². The average Bonchev–Trinajstić information content (AvgIpc) is 3.46. The molecule has 0 radical (unpaired) electrons. The minimum atomic E-state index is -0.638. The lowest BCUT2D eigenvalue weighted by atomic mass is 10.0. The minimum absolute atomic E-state index is 0.302. The molecule has 0 aliphatic carbocycles. The predicted molar refractivity (Wildman–Crippen MR) is 153 cm³/mol. The second-order valence-electron chi connectivity index (χ2n) is 10.4. The topological polar surface area (TPSA) is 86.0 Å². The molecule has 5 aromatic rings. The Bertz CT molecular complexity index is 1720. The lowest BCUT2D eigenvalue weighted by Gasteiger charge is -2.20. The van der Waals surface area contributed by atoms with Crippen molar-refractivity contribution in [1.82, 2.24) is 19.3 Å². The Morgan fingerprint density at radius 1 is 1.00 bits per heavy atom. The highest BCUT2D eigenvalue weighted by Gasteiger charge is 2.20. The van der Waals surface area contributed by atoms with E-state index in [0.29, 0.717) is 34.6 Å². The van der Waals surface area contributed by atoms with Gasteiger partial charge in [0.25, 0.3) is 0 Å². The maximum atomic E-state index is 14.7. The highest BCUT2D eigenvalue weighted by molar-refractivity contribution is 5.92. The number of nitrogens with one attached hydrogen (secondary N) is 2. The van der Waals surface area contributed by atoms with Crippen molar-refractivity contribution in [1.29, 1.82) is 0 Å². The highest BCUT2D eigenvalue weighted by atomic mass is 19.1. The maximum absolute atomic E-state index is 14.7. The van der Waals surface area contributed by atoms with E-state index in [1.807, 2.05) is 47.9 Å². The van der Waals surface area contributed by atoms with Gasteiger partial charge in [-0.3, -0.25) is 14.6 Å². The van der Waals surface area contributed by atoms with E-state index in [2.05, 4.69) is 20.7 Å². The molecule has 0 unspecified atom stereocenters. The van der Waals surface area contributed by atoms with Crippen LogP contribution in [0.15, 0.2) is 67.1 Å². The zero-order valence-electron chi connectivity index (χ0n) is 22.9. The number of aromatic nitrogens is 4. The van der Waals surface area contributed by atoms with Gasteiger partial charge in [0, 0.05) is 42.2 Å². The number of carbonyl (C=O) groups is 1. The lowest BCUT2D eigenvalue weighted by molar-refractivity contribution is 0.0634. The number of carbonyl (C=O) groups excluding carboxylic acids is 1. The molecule has 0 aliphatic heterocycles. The molecule has 0 spiro atoms. The van der Waals surface area contributed by atoms with E-state index >= 15 is 0 Å². The van der Waals surface area contributed by atoms with Crippen molar-refractivity contribution < 1.29 is 18.3 Å². The Kier molecular flexibility index (Phi) is 7.01. The van der Waals surface area contributed by atoms with Crippen molar-refractivity contribution in [3.05, 3.63) is 78.8 Å². The largest absolute Gasteiger partial charge is 0.444 e. The first-order chi connectivity index (χ1) is 19.0. The number of amides is 1. The Morgan fingerprint density at radius 3 is 2.52 bits per heavy atom. The van der Waals surface area contributed by atoms with Crippen LogP contribution in [0.5, 0.6) is 0 Å². The molecule has 0 bridgehead atoms. The van der Waals surface area contributed by atoms with Crippen molar-refractivity contribution in [2.24, 2.45) is 7.05 Å². The number of hydrogen-bond donors (Lipinski definition) is 2. The number of ether oxygens (including phenoxy) is 1. The predicted octanol–water partition coefficient (Wildman–Crippen LogP) is 7.15. The van der Waals surface area contributed by atoms with Gasteiger partial charge < -0.3 is 10.1 Å². The summed E-state index contributed by atoms with van der Waals surface area (Å²) in [5.41, 5.74) is 4.91. The van der Waals surface area contributed by atoms with Crippen LogP contribution in [0.1, 0.15) is 27.7 Å². The summed E-state index contributed by atoms with van der Waals surface area (Å²) < 4.78 is 37.1. The molecule has 2 heterocycles. The van der Waals surface area contributed by atoms with Gasteiger partial charge in [0.2, 0.25) is 0 Å². The Balaban J connectivity index is 1.53. The quantitative estimate of drug-likeness (QED) is 0.237. The van der Waals surface area contributed by atoms with Crippen LogP contribution in [0.2, 0.25) is 0 Å². The second kappa shape index (κ2) is 10.4. The van der Waals surface area contributed by atoms with Crippen molar-refractivity contribution in [3.63, 3.8) is 0 Å². The van der Waals surface area contributed by atoms with E-state index in [0.717, 1.165) is 28.5 Å². The van der Waals surface area contributed by atoms with Gasteiger partial charge in [0.15, 0.2) is 0 Å². The van der Waals surface area contributed by atoms with Gasteiger partial charge in [0.05, 0.1) is 17.2 Å². The summed E-state index contributed by atoms with van der Waals surface area (Å²) in [5.74, 6) is -0.761. The molecule has 3 aromatic carbocycles. The van der Waals surface area contributed by atoms with Gasteiger partial charge >= 0.3 is 6.09 Å². The summed E-state index contributed by atoms with van der Waals surface area (Å²) in [4.78, 5) is 17.1. The highest BCUT2D eigenvalue weighted by Crippen LogP contribution is 2.33. The molecule has 0 fully saturated rings. The number of benzene rings is 3. The molecular formula is C30H30F2N6O2. The van der Waals surface area contributed by atoms with Gasteiger partial charge in [0.1, 0.15) is 29.4 Å². The number of anilines is 2.